The van der Waals surface area contributed by atoms with E-state index in [1.165, 1.54) is 22.3 Å². The maximum Gasteiger partial charge on any atom is 0.260 e. The lowest BCUT2D eigenvalue weighted by Crippen LogP contribution is -2.30. The maximum absolute atomic E-state index is 13.7. The first kappa shape index (κ1) is 19.5. The smallest absolute Gasteiger partial charge is 0.260 e. The maximum atomic E-state index is 13.7. The molecule has 0 saturated heterocycles. The van der Waals surface area contributed by atoms with Crippen LogP contribution in [0.2, 0.25) is 5.02 Å². The molecule has 0 spiro atoms. The van der Waals surface area contributed by atoms with Gasteiger partial charge in [0.15, 0.2) is 16.8 Å². The second-order valence-electron chi connectivity index (χ2n) is 6.52. The van der Waals surface area contributed by atoms with E-state index in [0.29, 0.717) is 15.7 Å². The molecule has 0 bridgehead atoms. The fraction of sp³-hybridized carbons (Fsp3) is 0.0909. The summed E-state index contributed by atoms with van der Waals surface area (Å²) in [6, 6.07) is 16.2. The van der Waals surface area contributed by atoms with E-state index in [4.69, 9.17) is 11.6 Å². The van der Waals surface area contributed by atoms with Gasteiger partial charge in [-0.1, -0.05) is 53.3 Å². The van der Waals surface area contributed by atoms with Crippen molar-refractivity contribution < 1.29 is 13.6 Å². The number of benzene rings is 3. The number of carbonyl (C=O) groups excluding carboxylic acids is 1. The van der Waals surface area contributed by atoms with Crippen LogP contribution in [0.4, 0.5) is 13.9 Å². The van der Waals surface area contributed by atoms with Gasteiger partial charge in [-0.15, -0.1) is 0 Å². The lowest BCUT2D eigenvalue weighted by atomic mass is 10.1. The molecule has 0 aliphatic carbocycles. The summed E-state index contributed by atoms with van der Waals surface area (Å²) in [6.07, 6.45) is 0. The predicted molar refractivity (Wildman–Crippen MR) is 113 cm³/mol. The number of halogens is 3. The SMILES string of the molecule is Cc1c(Cl)ccc2sc(N(Cc3ccccc3)C(=O)c3ccc(F)c(F)c3)nc12. The van der Waals surface area contributed by atoms with Crippen molar-refractivity contribution in [3.63, 3.8) is 0 Å². The van der Waals surface area contributed by atoms with E-state index in [2.05, 4.69) is 4.98 Å². The quantitative estimate of drug-likeness (QED) is 0.377. The van der Waals surface area contributed by atoms with Crippen molar-refractivity contribution in [2.45, 2.75) is 13.5 Å². The van der Waals surface area contributed by atoms with Gasteiger partial charge in [-0.25, -0.2) is 13.8 Å². The van der Waals surface area contributed by atoms with Crippen LogP contribution in [0.3, 0.4) is 0 Å². The highest BCUT2D eigenvalue weighted by molar-refractivity contribution is 7.22. The van der Waals surface area contributed by atoms with Crippen molar-refractivity contribution in [3.8, 4) is 0 Å². The van der Waals surface area contributed by atoms with Crippen LogP contribution >= 0.6 is 22.9 Å². The van der Waals surface area contributed by atoms with Gasteiger partial charge in [-0.3, -0.25) is 9.69 Å². The number of hydrogen-bond donors (Lipinski definition) is 0. The monoisotopic (exact) mass is 428 g/mol. The molecule has 0 aliphatic heterocycles. The number of rotatable bonds is 4. The Kier molecular flexibility index (Phi) is 5.30. The van der Waals surface area contributed by atoms with E-state index in [0.717, 1.165) is 28.0 Å². The molecule has 0 unspecified atom stereocenters. The zero-order valence-electron chi connectivity index (χ0n) is 15.3. The Balaban J connectivity index is 1.80. The lowest BCUT2D eigenvalue weighted by Gasteiger charge is -2.20. The highest BCUT2D eigenvalue weighted by Crippen LogP contribution is 2.34. The molecule has 0 saturated carbocycles. The van der Waals surface area contributed by atoms with Crippen LogP contribution in [0.25, 0.3) is 10.2 Å². The van der Waals surface area contributed by atoms with Crippen molar-refractivity contribution in [2.75, 3.05) is 4.90 Å². The molecule has 4 aromatic rings. The normalized spacial score (nSPS) is 11.0. The molecule has 0 N–H and O–H groups in total. The Bertz CT molecular complexity index is 1210. The Morgan fingerprint density at radius 1 is 1.07 bits per heavy atom. The fourth-order valence-corrected chi connectivity index (χ4v) is 4.16. The van der Waals surface area contributed by atoms with Gasteiger partial charge in [-0.05, 0) is 48.4 Å². The minimum Gasteiger partial charge on any atom is -0.279 e. The van der Waals surface area contributed by atoms with Crippen LogP contribution < -0.4 is 4.90 Å². The van der Waals surface area contributed by atoms with Gasteiger partial charge < -0.3 is 0 Å². The third kappa shape index (κ3) is 3.86. The van der Waals surface area contributed by atoms with Gasteiger partial charge in [0.1, 0.15) is 0 Å². The van der Waals surface area contributed by atoms with Crippen molar-refractivity contribution >= 4 is 44.2 Å². The summed E-state index contributed by atoms with van der Waals surface area (Å²) in [7, 11) is 0. The Labute approximate surface area is 175 Å². The first-order chi connectivity index (χ1) is 13.9. The summed E-state index contributed by atoms with van der Waals surface area (Å²) in [5, 5.41) is 1.06. The van der Waals surface area contributed by atoms with E-state index >= 15 is 0 Å². The second-order valence-corrected chi connectivity index (χ2v) is 7.94. The average molecular weight is 429 g/mol. The molecule has 0 atom stereocenters. The Morgan fingerprint density at radius 2 is 1.83 bits per heavy atom. The molecule has 4 rings (SSSR count). The van der Waals surface area contributed by atoms with E-state index in [9.17, 15) is 13.6 Å². The van der Waals surface area contributed by atoms with E-state index in [1.54, 1.807) is 6.07 Å². The molecular weight excluding hydrogens is 414 g/mol. The summed E-state index contributed by atoms with van der Waals surface area (Å²) in [5.41, 5.74) is 2.48. The molecular formula is C22H15ClF2N2OS. The van der Waals surface area contributed by atoms with E-state index in [-0.39, 0.29) is 12.1 Å². The van der Waals surface area contributed by atoms with E-state index in [1.807, 2.05) is 43.3 Å². The van der Waals surface area contributed by atoms with Crippen LogP contribution in [0, 0.1) is 18.6 Å². The molecule has 3 nitrogen and oxygen atoms in total. The van der Waals surface area contributed by atoms with Crippen LogP contribution in [0.15, 0.2) is 60.7 Å². The number of carbonyl (C=O) groups is 1. The number of fused-ring (bicyclic) bond motifs is 1. The van der Waals surface area contributed by atoms with E-state index < -0.39 is 17.5 Å². The average Bonchev–Trinajstić information content (AvgIpc) is 3.16. The number of aromatic nitrogens is 1. The molecule has 7 heteroatoms. The van der Waals surface area contributed by atoms with Gasteiger partial charge in [0.25, 0.3) is 5.91 Å². The zero-order valence-corrected chi connectivity index (χ0v) is 16.9. The number of aryl methyl sites for hydroxylation is 1. The van der Waals surface area contributed by atoms with Crippen molar-refractivity contribution in [1.82, 2.24) is 4.98 Å². The van der Waals surface area contributed by atoms with Crippen LogP contribution in [-0.2, 0) is 6.54 Å². The number of amides is 1. The molecule has 29 heavy (non-hydrogen) atoms. The van der Waals surface area contributed by atoms with Gasteiger partial charge in [0, 0.05) is 10.6 Å². The summed E-state index contributed by atoms with van der Waals surface area (Å²) < 4.78 is 27.9. The Morgan fingerprint density at radius 3 is 2.55 bits per heavy atom. The molecule has 146 valence electrons. The predicted octanol–water partition coefficient (Wildman–Crippen LogP) is 6.38. The minimum absolute atomic E-state index is 0.0499. The molecule has 0 radical (unpaired) electrons. The summed E-state index contributed by atoms with van der Waals surface area (Å²) >= 11 is 7.55. The molecule has 1 amide bonds. The minimum atomic E-state index is -1.07. The first-order valence-corrected chi connectivity index (χ1v) is 10.00. The van der Waals surface area contributed by atoms with Crippen LogP contribution in [-0.4, -0.2) is 10.9 Å². The molecule has 0 fully saturated rings. The van der Waals surface area contributed by atoms with Crippen LogP contribution in [0.5, 0.6) is 0 Å². The third-order valence-corrected chi connectivity index (χ3v) is 6.02. The molecule has 3 aromatic carbocycles. The van der Waals surface area contributed by atoms with Gasteiger partial charge >= 0.3 is 0 Å². The second kappa shape index (κ2) is 7.89. The topological polar surface area (TPSA) is 33.2 Å². The summed E-state index contributed by atoms with van der Waals surface area (Å²) in [4.78, 5) is 19.3. The number of thiazole rings is 1. The lowest BCUT2D eigenvalue weighted by molar-refractivity contribution is 0.0984. The molecule has 0 aliphatic rings. The third-order valence-electron chi connectivity index (χ3n) is 4.56. The number of nitrogens with zero attached hydrogens (tertiary/aromatic N) is 2. The molecule has 1 heterocycles. The van der Waals surface area contributed by atoms with Crippen molar-refractivity contribution in [3.05, 3.63) is 94.0 Å². The van der Waals surface area contributed by atoms with Gasteiger partial charge in [-0.2, -0.15) is 0 Å². The highest BCUT2D eigenvalue weighted by Gasteiger charge is 2.23. The van der Waals surface area contributed by atoms with Gasteiger partial charge in [0.2, 0.25) is 0 Å². The standard InChI is InChI=1S/C22H15ClF2N2OS/c1-13-16(23)8-10-19-20(13)26-22(29-19)27(12-14-5-3-2-4-6-14)21(28)15-7-9-17(24)18(25)11-15/h2-11H,12H2,1H3. The van der Waals surface area contributed by atoms with Gasteiger partial charge in [0.05, 0.1) is 16.8 Å². The summed E-state index contributed by atoms with van der Waals surface area (Å²) in [5.74, 6) is -2.53. The molecule has 1 aromatic heterocycles. The first-order valence-electron chi connectivity index (χ1n) is 8.80. The van der Waals surface area contributed by atoms with Crippen molar-refractivity contribution in [2.24, 2.45) is 0 Å². The zero-order chi connectivity index (χ0) is 20.5. The highest BCUT2D eigenvalue weighted by atomic mass is 35.5. The van der Waals surface area contributed by atoms with Crippen LogP contribution in [0.1, 0.15) is 21.5 Å². The Hall–Kier alpha value is -2.83. The fourth-order valence-electron chi connectivity index (χ4n) is 2.98. The largest absolute Gasteiger partial charge is 0.279 e. The number of anilines is 1. The number of hydrogen-bond acceptors (Lipinski definition) is 3. The van der Waals surface area contributed by atoms with Crippen molar-refractivity contribution in [1.29, 1.82) is 0 Å². The summed E-state index contributed by atoms with van der Waals surface area (Å²) in [6.45, 7) is 2.11.